The van der Waals surface area contributed by atoms with E-state index in [-0.39, 0.29) is 16.0 Å². The molecule has 1 aromatic rings. The summed E-state index contributed by atoms with van der Waals surface area (Å²) in [5, 5.41) is 4.32. The Morgan fingerprint density at radius 3 is 2.65 bits per heavy atom. The number of ether oxygens (including phenoxy) is 1. The van der Waals surface area contributed by atoms with Gasteiger partial charge in [-0.05, 0) is 17.4 Å². The average molecular weight is 320 g/mol. The number of carbonyl (C=O) groups excluding carboxylic acids is 1. The maximum atomic E-state index is 12.1. The van der Waals surface area contributed by atoms with E-state index in [4.69, 9.17) is 4.74 Å². The van der Waals surface area contributed by atoms with Crippen LogP contribution in [-0.4, -0.2) is 40.6 Å². The molecule has 0 aliphatic carbocycles. The molecule has 0 aliphatic rings. The molecule has 1 heterocycles. The van der Waals surface area contributed by atoms with Crippen LogP contribution in [-0.2, 0) is 19.6 Å². The molecule has 2 N–H and O–H groups in total. The van der Waals surface area contributed by atoms with Crippen molar-refractivity contribution < 1.29 is 17.9 Å². The molecule has 1 rings (SSSR count). The summed E-state index contributed by atoms with van der Waals surface area (Å²) in [4.78, 5) is 12.0. The average Bonchev–Trinajstić information content (AvgIpc) is 2.90. The third-order valence-electron chi connectivity index (χ3n) is 2.60. The molecule has 1 unspecified atom stereocenters. The number of sulfonamides is 1. The first-order valence-electron chi connectivity index (χ1n) is 6.21. The fraction of sp³-hybridized carbons (Fsp3) is 0.583. The van der Waals surface area contributed by atoms with Crippen molar-refractivity contribution in [1.82, 2.24) is 10.0 Å². The third kappa shape index (κ3) is 4.86. The molecule has 114 valence electrons. The van der Waals surface area contributed by atoms with Crippen molar-refractivity contribution >= 4 is 27.3 Å². The van der Waals surface area contributed by atoms with Crippen LogP contribution in [0, 0.1) is 5.92 Å². The predicted octanol–water partition coefficient (Wildman–Crippen LogP) is 0.814. The minimum atomic E-state index is -3.66. The third-order valence-corrected chi connectivity index (χ3v) is 5.44. The molecule has 0 radical (unpaired) electrons. The van der Waals surface area contributed by atoms with Crippen LogP contribution in [0.1, 0.15) is 13.8 Å². The standard InChI is InChI=1S/C12H20N2O4S2/c1-9(2)11(12(15)13-6-7-18-3)14-20(16,17)10-5-4-8-19-10/h4-5,8-9,11,14H,6-7H2,1-3H3,(H,13,15). The summed E-state index contributed by atoms with van der Waals surface area (Å²) < 4.78 is 31.8. The molecule has 6 nitrogen and oxygen atoms in total. The lowest BCUT2D eigenvalue weighted by Gasteiger charge is -2.21. The van der Waals surface area contributed by atoms with E-state index >= 15 is 0 Å². The van der Waals surface area contributed by atoms with Crippen LogP contribution in [0.15, 0.2) is 21.7 Å². The second-order valence-electron chi connectivity index (χ2n) is 4.56. The monoisotopic (exact) mass is 320 g/mol. The molecule has 1 atom stereocenters. The van der Waals surface area contributed by atoms with Crippen molar-refractivity contribution in [2.75, 3.05) is 20.3 Å². The SMILES string of the molecule is COCCNC(=O)C(NS(=O)(=O)c1cccs1)C(C)C. The summed E-state index contributed by atoms with van der Waals surface area (Å²) in [5.41, 5.74) is 0. The predicted molar refractivity (Wildman–Crippen MR) is 78.2 cm³/mol. The van der Waals surface area contributed by atoms with Gasteiger partial charge in [-0.15, -0.1) is 11.3 Å². The van der Waals surface area contributed by atoms with Gasteiger partial charge in [0.15, 0.2) is 0 Å². The second-order valence-corrected chi connectivity index (χ2v) is 7.45. The van der Waals surface area contributed by atoms with Crippen molar-refractivity contribution in [2.24, 2.45) is 5.92 Å². The fourth-order valence-corrected chi connectivity index (χ4v) is 3.87. The van der Waals surface area contributed by atoms with Crippen LogP contribution in [0.3, 0.4) is 0 Å². The Balaban J connectivity index is 2.75. The van der Waals surface area contributed by atoms with Gasteiger partial charge in [0.2, 0.25) is 5.91 Å². The van der Waals surface area contributed by atoms with E-state index in [2.05, 4.69) is 10.0 Å². The Kier molecular flexibility index (Phi) is 6.60. The Hall–Kier alpha value is -0.960. The van der Waals surface area contributed by atoms with Crippen molar-refractivity contribution in [3.05, 3.63) is 17.5 Å². The number of thiophene rings is 1. The lowest BCUT2D eigenvalue weighted by molar-refractivity contribution is -0.123. The smallest absolute Gasteiger partial charge is 0.250 e. The van der Waals surface area contributed by atoms with Crippen LogP contribution >= 0.6 is 11.3 Å². The number of amides is 1. The largest absolute Gasteiger partial charge is 0.383 e. The van der Waals surface area contributed by atoms with Crippen LogP contribution in [0.2, 0.25) is 0 Å². The molecule has 1 aromatic heterocycles. The maximum absolute atomic E-state index is 12.1. The van der Waals surface area contributed by atoms with Crippen LogP contribution in [0.25, 0.3) is 0 Å². The van der Waals surface area contributed by atoms with Crippen molar-refractivity contribution in [3.8, 4) is 0 Å². The van der Waals surface area contributed by atoms with Gasteiger partial charge >= 0.3 is 0 Å². The fourth-order valence-electron chi connectivity index (χ4n) is 1.52. The van der Waals surface area contributed by atoms with E-state index in [9.17, 15) is 13.2 Å². The normalized spacial score (nSPS) is 13.4. The van der Waals surface area contributed by atoms with E-state index in [1.807, 2.05) is 0 Å². The summed E-state index contributed by atoms with van der Waals surface area (Å²) >= 11 is 1.11. The number of carbonyl (C=O) groups is 1. The molecule has 0 fully saturated rings. The van der Waals surface area contributed by atoms with Crippen LogP contribution in [0.4, 0.5) is 0 Å². The zero-order valence-corrected chi connectivity index (χ0v) is 13.4. The summed E-state index contributed by atoms with van der Waals surface area (Å²) in [6.07, 6.45) is 0. The van der Waals surface area contributed by atoms with Gasteiger partial charge in [0.1, 0.15) is 10.3 Å². The molecule has 0 spiro atoms. The molecule has 8 heteroatoms. The number of methoxy groups -OCH3 is 1. The molecular formula is C12H20N2O4S2. The highest BCUT2D eigenvalue weighted by molar-refractivity contribution is 7.91. The lowest BCUT2D eigenvalue weighted by Crippen LogP contribution is -2.50. The Morgan fingerprint density at radius 1 is 1.45 bits per heavy atom. The maximum Gasteiger partial charge on any atom is 0.250 e. The highest BCUT2D eigenvalue weighted by atomic mass is 32.2. The van der Waals surface area contributed by atoms with Crippen molar-refractivity contribution in [2.45, 2.75) is 24.1 Å². The minimum absolute atomic E-state index is 0.160. The first-order valence-corrected chi connectivity index (χ1v) is 8.57. The lowest BCUT2D eigenvalue weighted by atomic mass is 10.1. The second kappa shape index (κ2) is 7.72. The molecular weight excluding hydrogens is 300 g/mol. The molecule has 0 bridgehead atoms. The summed E-state index contributed by atoms with van der Waals surface area (Å²) in [7, 11) is -2.13. The van der Waals surface area contributed by atoms with Gasteiger partial charge in [-0.1, -0.05) is 19.9 Å². The van der Waals surface area contributed by atoms with Gasteiger partial charge in [-0.25, -0.2) is 8.42 Å². The summed E-state index contributed by atoms with van der Waals surface area (Å²) in [5.74, 6) is -0.510. The molecule has 1 amide bonds. The molecule has 0 saturated carbocycles. The Morgan fingerprint density at radius 2 is 2.15 bits per heavy atom. The zero-order chi connectivity index (χ0) is 15.2. The van der Waals surface area contributed by atoms with Gasteiger partial charge in [-0.3, -0.25) is 4.79 Å². The van der Waals surface area contributed by atoms with Crippen LogP contribution < -0.4 is 10.0 Å². The first-order chi connectivity index (χ1) is 9.38. The van der Waals surface area contributed by atoms with E-state index in [0.29, 0.717) is 13.2 Å². The van der Waals surface area contributed by atoms with Gasteiger partial charge in [-0.2, -0.15) is 4.72 Å². The number of hydrogen-bond acceptors (Lipinski definition) is 5. The molecule has 0 saturated heterocycles. The number of hydrogen-bond donors (Lipinski definition) is 2. The van der Waals surface area contributed by atoms with Gasteiger partial charge in [0, 0.05) is 13.7 Å². The Bertz CT molecular complexity index is 512. The van der Waals surface area contributed by atoms with E-state index in [1.165, 1.54) is 13.2 Å². The molecule has 0 aliphatic heterocycles. The van der Waals surface area contributed by atoms with Crippen LogP contribution in [0.5, 0.6) is 0 Å². The molecule has 0 aromatic carbocycles. The summed E-state index contributed by atoms with van der Waals surface area (Å²) in [6.45, 7) is 4.31. The van der Waals surface area contributed by atoms with Gasteiger partial charge in [0.05, 0.1) is 6.61 Å². The quantitative estimate of drug-likeness (QED) is 0.694. The highest BCUT2D eigenvalue weighted by Crippen LogP contribution is 2.17. The van der Waals surface area contributed by atoms with E-state index in [0.717, 1.165) is 11.3 Å². The van der Waals surface area contributed by atoms with Crippen molar-refractivity contribution in [1.29, 1.82) is 0 Å². The molecule has 20 heavy (non-hydrogen) atoms. The number of nitrogens with one attached hydrogen (secondary N) is 2. The van der Waals surface area contributed by atoms with E-state index in [1.54, 1.807) is 25.3 Å². The highest BCUT2D eigenvalue weighted by Gasteiger charge is 2.28. The topological polar surface area (TPSA) is 84.5 Å². The number of rotatable bonds is 8. The first kappa shape index (κ1) is 17.1. The van der Waals surface area contributed by atoms with E-state index < -0.39 is 16.1 Å². The van der Waals surface area contributed by atoms with Gasteiger partial charge in [0.25, 0.3) is 10.0 Å². The Labute approximate surface area is 123 Å². The summed E-state index contributed by atoms with van der Waals surface area (Å²) in [6, 6.07) is 2.36. The zero-order valence-electron chi connectivity index (χ0n) is 11.8. The van der Waals surface area contributed by atoms with Gasteiger partial charge < -0.3 is 10.1 Å². The minimum Gasteiger partial charge on any atom is -0.383 e. The van der Waals surface area contributed by atoms with Crippen molar-refractivity contribution in [3.63, 3.8) is 0 Å².